The molecule has 0 aliphatic heterocycles. The van der Waals surface area contributed by atoms with E-state index in [4.69, 9.17) is 4.74 Å². The monoisotopic (exact) mass is 230 g/mol. The molecule has 2 unspecified atom stereocenters. The van der Waals surface area contributed by atoms with Crippen molar-refractivity contribution in [2.24, 2.45) is 24.3 Å². The number of ether oxygens (including phenoxy) is 1. The van der Waals surface area contributed by atoms with E-state index in [2.05, 4.69) is 11.2 Å². The van der Waals surface area contributed by atoms with E-state index in [1.165, 1.54) is 36.3 Å². The fourth-order valence-electron chi connectivity index (χ4n) is 4.06. The lowest BCUT2D eigenvalue weighted by Crippen LogP contribution is -2.22. The smallest absolute Gasteiger partial charge is 0.101 e. The molecular weight excluding hydrogens is 212 g/mol. The van der Waals surface area contributed by atoms with Gasteiger partial charge in [0.2, 0.25) is 0 Å². The van der Waals surface area contributed by atoms with Crippen molar-refractivity contribution in [3.63, 3.8) is 0 Å². The van der Waals surface area contributed by atoms with Gasteiger partial charge in [-0.2, -0.15) is 5.10 Å². The molecule has 3 nitrogen and oxygen atoms in total. The van der Waals surface area contributed by atoms with Crippen LogP contribution in [-0.4, -0.2) is 16.9 Å². The molecule has 3 atom stereocenters. The van der Waals surface area contributed by atoms with E-state index >= 15 is 0 Å². The van der Waals surface area contributed by atoms with Crippen LogP contribution in [-0.2, 0) is 11.8 Å². The van der Waals surface area contributed by atoms with Gasteiger partial charge in [-0.1, -0.05) is 0 Å². The summed E-state index contributed by atoms with van der Waals surface area (Å²) in [5.74, 6) is 3.13. The van der Waals surface area contributed by atoms with Gasteiger partial charge in [0.05, 0.1) is 12.8 Å². The highest BCUT2D eigenvalue weighted by molar-refractivity contribution is 5.77. The molecule has 2 saturated carbocycles. The topological polar surface area (TPSA) is 27.1 Å². The van der Waals surface area contributed by atoms with Crippen LogP contribution in [0.25, 0.3) is 5.57 Å². The van der Waals surface area contributed by atoms with Crippen LogP contribution < -0.4 is 0 Å². The summed E-state index contributed by atoms with van der Waals surface area (Å²) in [7, 11) is 3.85. The molecule has 4 rings (SSSR count). The van der Waals surface area contributed by atoms with Gasteiger partial charge in [-0.25, -0.2) is 0 Å². The van der Waals surface area contributed by atoms with Gasteiger partial charge in [-0.3, -0.25) is 4.68 Å². The van der Waals surface area contributed by atoms with Crippen LogP contribution >= 0.6 is 0 Å². The maximum atomic E-state index is 5.67. The van der Waals surface area contributed by atoms with Crippen molar-refractivity contribution in [1.29, 1.82) is 0 Å². The van der Waals surface area contributed by atoms with Gasteiger partial charge in [-0.15, -0.1) is 0 Å². The number of fused-ring (bicyclic) bond motifs is 3. The van der Waals surface area contributed by atoms with Crippen LogP contribution in [0.1, 0.15) is 31.4 Å². The van der Waals surface area contributed by atoms with Crippen LogP contribution in [0, 0.1) is 17.3 Å². The molecule has 0 bridgehead atoms. The Morgan fingerprint density at radius 3 is 2.82 bits per heavy atom. The predicted octanol–water partition coefficient (Wildman–Crippen LogP) is 2.60. The Labute approximate surface area is 101 Å². The molecular formula is C14H18N2O. The largest absolute Gasteiger partial charge is 0.501 e. The molecule has 0 saturated heterocycles. The second-order valence-corrected chi connectivity index (χ2v) is 5.68. The maximum Gasteiger partial charge on any atom is 0.101 e. The third kappa shape index (κ3) is 1.05. The van der Waals surface area contributed by atoms with Crippen molar-refractivity contribution in [1.82, 2.24) is 9.78 Å². The summed E-state index contributed by atoms with van der Waals surface area (Å²) in [5, 5.41) is 4.32. The predicted molar refractivity (Wildman–Crippen MR) is 65.0 cm³/mol. The van der Waals surface area contributed by atoms with E-state index in [0.717, 1.165) is 18.3 Å². The molecule has 2 fully saturated rings. The number of methoxy groups -OCH3 is 1. The molecule has 3 aliphatic carbocycles. The van der Waals surface area contributed by atoms with Gasteiger partial charge in [0, 0.05) is 30.7 Å². The van der Waals surface area contributed by atoms with Gasteiger partial charge < -0.3 is 4.74 Å². The summed E-state index contributed by atoms with van der Waals surface area (Å²) in [6, 6.07) is 2.14. The highest BCUT2D eigenvalue weighted by atomic mass is 16.5. The molecule has 0 N–H and O–H groups in total. The standard InChI is InChI=1S/C14H18N2O/c1-16-11(5-7-15-16)13-12(17-2)4-3-6-14(13)9-8-10(9)14/h5,7,9-10H,3-4,6,8H2,1-2H3/t9-,10?,14?/m1/s1. The lowest BCUT2D eigenvalue weighted by Gasteiger charge is -2.32. The van der Waals surface area contributed by atoms with Crippen molar-refractivity contribution in [2.75, 3.05) is 7.11 Å². The van der Waals surface area contributed by atoms with Crippen LogP contribution in [0.4, 0.5) is 0 Å². The van der Waals surface area contributed by atoms with Crippen molar-refractivity contribution in [2.45, 2.75) is 25.7 Å². The summed E-state index contributed by atoms with van der Waals surface area (Å²) in [6.07, 6.45) is 7.08. The first-order valence-corrected chi connectivity index (χ1v) is 6.55. The third-order valence-electron chi connectivity index (χ3n) is 5.07. The summed E-state index contributed by atoms with van der Waals surface area (Å²) in [5.41, 5.74) is 3.23. The van der Waals surface area contributed by atoms with E-state index in [0.29, 0.717) is 5.41 Å². The van der Waals surface area contributed by atoms with Crippen molar-refractivity contribution < 1.29 is 4.74 Å². The van der Waals surface area contributed by atoms with Crippen molar-refractivity contribution in [3.8, 4) is 0 Å². The minimum atomic E-state index is 0.484. The molecule has 90 valence electrons. The van der Waals surface area contributed by atoms with Gasteiger partial charge in [0.25, 0.3) is 0 Å². The minimum Gasteiger partial charge on any atom is -0.501 e. The Kier molecular flexibility index (Phi) is 1.69. The number of hydrogen-bond acceptors (Lipinski definition) is 2. The molecule has 3 heteroatoms. The fraction of sp³-hybridized carbons (Fsp3) is 0.643. The third-order valence-corrected chi connectivity index (χ3v) is 5.07. The Morgan fingerprint density at radius 1 is 1.47 bits per heavy atom. The van der Waals surface area contributed by atoms with Crippen LogP contribution in [0.15, 0.2) is 18.0 Å². The van der Waals surface area contributed by atoms with Crippen LogP contribution in [0.2, 0.25) is 0 Å². The number of aromatic nitrogens is 2. The summed E-state index contributed by atoms with van der Waals surface area (Å²) in [6.45, 7) is 0. The molecule has 0 aromatic carbocycles. The zero-order valence-electron chi connectivity index (χ0n) is 10.4. The Hall–Kier alpha value is -1.25. The first-order valence-electron chi connectivity index (χ1n) is 6.55. The van der Waals surface area contributed by atoms with E-state index in [1.807, 2.05) is 25.0 Å². The molecule has 1 aromatic rings. The Morgan fingerprint density at radius 2 is 2.29 bits per heavy atom. The van der Waals surface area contributed by atoms with Gasteiger partial charge in [0.15, 0.2) is 0 Å². The van der Waals surface area contributed by atoms with Crippen LogP contribution in [0.3, 0.4) is 0 Å². The van der Waals surface area contributed by atoms with Gasteiger partial charge in [-0.05, 0) is 37.2 Å². The van der Waals surface area contributed by atoms with E-state index < -0.39 is 0 Å². The van der Waals surface area contributed by atoms with Crippen molar-refractivity contribution in [3.05, 3.63) is 23.7 Å². The van der Waals surface area contributed by atoms with E-state index in [9.17, 15) is 0 Å². The van der Waals surface area contributed by atoms with E-state index in [1.54, 1.807) is 0 Å². The molecule has 3 aliphatic rings. The first kappa shape index (κ1) is 9.75. The zero-order valence-corrected chi connectivity index (χ0v) is 10.4. The van der Waals surface area contributed by atoms with Gasteiger partial charge >= 0.3 is 0 Å². The summed E-state index contributed by atoms with van der Waals surface area (Å²) in [4.78, 5) is 0. The summed E-state index contributed by atoms with van der Waals surface area (Å²) < 4.78 is 7.66. The molecule has 1 aromatic heterocycles. The average molecular weight is 230 g/mol. The maximum absolute atomic E-state index is 5.67. The number of aryl methyl sites for hydroxylation is 1. The second kappa shape index (κ2) is 2.95. The number of nitrogens with zero attached hydrogens (tertiary/aromatic N) is 2. The highest BCUT2D eigenvalue weighted by Crippen LogP contribution is 2.84. The quantitative estimate of drug-likeness (QED) is 0.781. The lowest BCUT2D eigenvalue weighted by molar-refractivity contribution is 0.249. The number of hydrogen-bond donors (Lipinski definition) is 0. The fourth-order valence-corrected chi connectivity index (χ4v) is 4.06. The average Bonchev–Trinajstić information content (AvgIpc) is 3.21. The highest BCUT2D eigenvalue weighted by Gasteiger charge is 2.78. The molecule has 1 heterocycles. The number of rotatable bonds is 2. The normalized spacial score (nSPS) is 38.2. The zero-order chi connectivity index (χ0) is 11.6. The SMILES string of the molecule is COC1=C(c2ccnn2C)C2(CCC1)C1C[C@H]12. The number of allylic oxidation sites excluding steroid dienone is 2. The van der Waals surface area contributed by atoms with Gasteiger partial charge in [0.1, 0.15) is 5.76 Å². The second-order valence-electron chi connectivity index (χ2n) is 5.68. The lowest BCUT2D eigenvalue weighted by atomic mass is 9.75. The molecule has 1 spiro atoms. The van der Waals surface area contributed by atoms with Crippen molar-refractivity contribution >= 4 is 5.57 Å². The Bertz CT molecular complexity index is 506. The van der Waals surface area contributed by atoms with E-state index in [-0.39, 0.29) is 0 Å². The Balaban J connectivity index is 1.88. The molecule has 17 heavy (non-hydrogen) atoms. The minimum absolute atomic E-state index is 0.484. The van der Waals surface area contributed by atoms with Crippen LogP contribution in [0.5, 0.6) is 0 Å². The first-order chi connectivity index (χ1) is 8.29. The summed E-state index contributed by atoms with van der Waals surface area (Å²) >= 11 is 0. The molecule has 0 amide bonds. The molecule has 0 radical (unpaired) electrons.